The number of amides is 1. The predicted octanol–water partition coefficient (Wildman–Crippen LogP) is 2.63. The first kappa shape index (κ1) is 18.2. The van der Waals surface area contributed by atoms with E-state index in [-0.39, 0.29) is 18.0 Å². The topological polar surface area (TPSA) is 96.8 Å². The van der Waals surface area contributed by atoms with Crippen LogP contribution in [0, 0.1) is 0 Å². The van der Waals surface area contributed by atoms with Crippen LogP contribution in [0.1, 0.15) is 25.7 Å². The second kappa shape index (κ2) is 8.18. The highest BCUT2D eigenvalue weighted by Gasteiger charge is 2.23. The van der Waals surface area contributed by atoms with Crippen LogP contribution in [0.15, 0.2) is 31.2 Å². The molecule has 2 aromatic rings. The number of rotatable bonds is 6. The van der Waals surface area contributed by atoms with Crippen molar-refractivity contribution in [2.75, 3.05) is 10.6 Å². The first-order chi connectivity index (χ1) is 12.5. The first-order valence-electron chi connectivity index (χ1n) is 8.51. The molecular weight excluding hydrogens is 354 g/mol. The Morgan fingerprint density at radius 3 is 2.92 bits per heavy atom. The highest BCUT2D eigenvalue weighted by molar-refractivity contribution is 6.32. The fourth-order valence-corrected chi connectivity index (χ4v) is 3.19. The summed E-state index contributed by atoms with van der Waals surface area (Å²) in [5.41, 5.74) is 0.797. The van der Waals surface area contributed by atoms with Crippen molar-refractivity contribution in [3.63, 3.8) is 0 Å². The molecule has 1 fully saturated rings. The number of hydrogen-bond acceptors (Lipinski definition) is 6. The number of aromatic nitrogens is 4. The van der Waals surface area contributed by atoms with Crippen molar-refractivity contribution in [2.45, 2.75) is 37.8 Å². The molecule has 2 aromatic heterocycles. The van der Waals surface area contributed by atoms with E-state index in [0.717, 1.165) is 31.4 Å². The minimum atomic E-state index is -0.140. The van der Waals surface area contributed by atoms with Gasteiger partial charge in [-0.1, -0.05) is 18.2 Å². The quantitative estimate of drug-likeness (QED) is 0.671. The van der Waals surface area contributed by atoms with E-state index in [2.05, 4.69) is 37.6 Å². The summed E-state index contributed by atoms with van der Waals surface area (Å²) in [6.07, 6.45) is 10.2. The van der Waals surface area contributed by atoms with Crippen molar-refractivity contribution in [1.29, 1.82) is 0 Å². The molecule has 0 saturated heterocycles. The van der Waals surface area contributed by atoms with Crippen LogP contribution in [0.3, 0.4) is 0 Å². The number of hydrogen-bond donors (Lipinski definition) is 3. The van der Waals surface area contributed by atoms with Gasteiger partial charge in [0.05, 0.1) is 18.1 Å². The number of carbonyl (C=O) groups excluding carboxylic acids is 1. The Kier molecular flexibility index (Phi) is 5.72. The molecule has 0 radical (unpaired) electrons. The van der Waals surface area contributed by atoms with E-state index in [9.17, 15) is 4.79 Å². The maximum Gasteiger partial charge on any atom is 0.243 e. The van der Waals surface area contributed by atoms with Crippen molar-refractivity contribution >= 4 is 35.0 Å². The van der Waals surface area contributed by atoms with Gasteiger partial charge in [0.2, 0.25) is 11.9 Å². The van der Waals surface area contributed by atoms with Crippen LogP contribution in [-0.4, -0.2) is 37.7 Å². The normalized spacial score (nSPS) is 19.6. The van der Waals surface area contributed by atoms with Crippen molar-refractivity contribution in [3.8, 4) is 0 Å². The van der Waals surface area contributed by atoms with Gasteiger partial charge in [-0.05, 0) is 31.8 Å². The molecule has 0 aliphatic heterocycles. The zero-order valence-electron chi connectivity index (χ0n) is 14.6. The number of anilines is 3. The number of nitrogens with one attached hydrogen (secondary N) is 3. The molecule has 1 amide bonds. The average molecular weight is 376 g/mol. The van der Waals surface area contributed by atoms with Gasteiger partial charge in [-0.15, -0.1) is 0 Å². The van der Waals surface area contributed by atoms with E-state index in [1.807, 2.05) is 13.2 Å². The van der Waals surface area contributed by atoms with Gasteiger partial charge < -0.3 is 16.0 Å². The van der Waals surface area contributed by atoms with Gasteiger partial charge in [0.15, 0.2) is 5.82 Å². The fraction of sp³-hybridized carbons (Fsp3) is 0.412. The monoisotopic (exact) mass is 375 g/mol. The molecule has 0 bridgehead atoms. The van der Waals surface area contributed by atoms with E-state index in [1.165, 1.54) is 6.08 Å². The Bertz CT molecular complexity index is 791. The maximum atomic E-state index is 11.5. The molecule has 2 atom stereocenters. The van der Waals surface area contributed by atoms with E-state index in [4.69, 9.17) is 11.6 Å². The molecule has 0 aromatic carbocycles. The Morgan fingerprint density at radius 1 is 1.38 bits per heavy atom. The minimum Gasteiger partial charge on any atom is -0.366 e. The summed E-state index contributed by atoms with van der Waals surface area (Å²) in [6, 6.07) is 0.304. The second-order valence-corrected chi connectivity index (χ2v) is 6.74. The summed E-state index contributed by atoms with van der Waals surface area (Å²) in [6.45, 7) is 3.50. The van der Waals surface area contributed by atoms with Crippen LogP contribution >= 0.6 is 11.6 Å². The molecule has 2 heterocycles. The highest BCUT2D eigenvalue weighted by atomic mass is 35.5. The van der Waals surface area contributed by atoms with Crippen LogP contribution in [-0.2, 0) is 11.8 Å². The Balaban J connectivity index is 1.65. The summed E-state index contributed by atoms with van der Waals surface area (Å²) < 4.78 is 1.69. The number of aryl methyl sites for hydroxylation is 1. The van der Waals surface area contributed by atoms with Gasteiger partial charge in [-0.25, -0.2) is 4.98 Å². The summed E-state index contributed by atoms with van der Waals surface area (Å²) >= 11 is 6.25. The lowest BCUT2D eigenvalue weighted by atomic mass is 9.91. The van der Waals surface area contributed by atoms with Crippen LogP contribution in [0.4, 0.5) is 17.5 Å². The Hall–Kier alpha value is -2.61. The fourth-order valence-electron chi connectivity index (χ4n) is 3.05. The zero-order chi connectivity index (χ0) is 18.5. The van der Waals surface area contributed by atoms with Crippen LogP contribution < -0.4 is 16.0 Å². The Labute approximate surface area is 157 Å². The number of halogens is 1. The van der Waals surface area contributed by atoms with E-state index in [0.29, 0.717) is 16.8 Å². The molecule has 26 heavy (non-hydrogen) atoms. The van der Waals surface area contributed by atoms with Gasteiger partial charge in [-0.2, -0.15) is 10.1 Å². The molecule has 9 heteroatoms. The van der Waals surface area contributed by atoms with Crippen molar-refractivity contribution in [1.82, 2.24) is 25.1 Å². The summed E-state index contributed by atoms with van der Waals surface area (Å²) in [4.78, 5) is 20.2. The molecule has 1 aliphatic carbocycles. The minimum absolute atomic E-state index is 0.125. The molecule has 8 nitrogen and oxygen atoms in total. The SMILES string of the molecule is C=CC(=O)N[C@H]1CCC[C@@H](Nc2nc(Nc3cnn(C)c3)ncc2Cl)C1. The lowest BCUT2D eigenvalue weighted by molar-refractivity contribution is -0.117. The third-order valence-electron chi connectivity index (χ3n) is 4.25. The van der Waals surface area contributed by atoms with E-state index >= 15 is 0 Å². The van der Waals surface area contributed by atoms with Gasteiger partial charge in [0, 0.05) is 25.3 Å². The molecule has 0 unspecified atom stereocenters. The van der Waals surface area contributed by atoms with Crippen LogP contribution in [0.2, 0.25) is 5.02 Å². The standard InChI is InChI=1S/C17H22ClN7O/c1-3-15(26)21-11-5-4-6-12(7-11)22-16-14(18)9-19-17(24-16)23-13-8-20-25(2)10-13/h3,8-12H,1,4-7H2,2H3,(H,21,26)(H2,19,22,23,24)/t11-,12+/m0/s1. The molecular formula is C17H22ClN7O. The average Bonchev–Trinajstić information content (AvgIpc) is 3.03. The molecule has 138 valence electrons. The molecule has 3 N–H and O–H groups in total. The maximum absolute atomic E-state index is 11.5. The lowest BCUT2D eigenvalue weighted by Gasteiger charge is -2.30. The number of carbonyl (C=O) groups is 1. The first-order valence-corrected chi connectivity index (χ1v) is 8.89. The smallest absolute Gasteiger partial charge is 0.243 e. The van der Waals surface area contributed by atoms with E-state index < -0.39 is 0 Å². The van der Waals surface area contributed by atoms with Gasteiger partial charge in [0.25, 0.3) is 0 Å². The van der Waals surface area contributed by atoms with Crippen LogP contribution in [0.25, 0.3) is 0 Å². The van der Waals surface area contributed by atoms with E-state index in [1.54, 1.807) is 17.1 Å². The van der Waals surface area contributed by atoms with Crippen molar-refractivity contribution < 1.29 is 4.79 Å². The second-order valence-electron chi connectivity index (χ2n) is 6.34. The third kappa shape index (κ3) is 4.72. The molecule has 3 rings (SSSR count). The lowest BCUT2D eigenvalue weighted by Crippen LogP contribution is -2.41. The summed E-state index contributed by atoms with van der Waals surface area (Å²) in [7, 11) is 1.84. The largest absolute Gasteiger partial charge is 0.366 e. The van der Waals surface area contributed by atoms with Crippen molar-refractivity contribution in [2.24, 2.45) is 7.05 Å². The highest BCUT2D eigenvalue weighted by Crippen LogP contribution is 2.26. The molecule has 1 aliphatic rings. The van der Waals surface area contributed by atoms with Crippen LogP contribution in [0.5, 0.6) is 0 Å². The Morgan fingerprint density at radius 2 is 2.19 bits per heavy atom. The third-order valence-corrected chi connectivity index (χ3v) is 4.53. The van der Waals surface area contributed by atoms with Gasteiger partial charge >= 0.3 is 0 Å². The summed E-state index contributed by atoms with van der Waals surface area (Å²) in [5, 5.41) is 14.0. The van der Waals surface area contributed by atoms with Gasteiger partial charge in [0.1, 0.15) is 5.02 Å². The predicted molar refractivity (Wildman–Crippen MR) is 102 cm³/mol. The zero-order valence-corrected chi connectivity index (χ0v) is 15.3. The van der Waals surface area contributed by atoms with Gasteiger partial charge in [-0.3, -0.25) is 9.48 Å². The van der Waals surface area contributed by atoms with Crippen molar-refractivity contribution in [3.05, 3.63) is 36.3 Å². The summed E-state index contributed by atoms with van der Waals surface area (Å²) in [5.74, 6) is 0.879. The molecule has 1 saturated carbocycles. The number of nitrogens with zero attached hydrogens (tertiary/aromatic N) is 4. The molecule has 0 spiro atoms.